The van der Waals surface area contributed by atoms with Crippen LogP contribution in [-0.2, 0) is 25.6 Å². The molecule has 0 fully saturated rings. The van der Waals surface area contributed by atoms with E-state index in [1.165, 1.54) is 77.0 Å². The van der Waals surface area contributed by atoms with Crippen LogP contribution in [0.4, 0.5) is 0 Å². The van der Waals surface area contributed by atoms with Crippen molar-refractivity contribution in [3.63, 3.8) is 0 Å². The Morgan fingerprint density at radius 1 is 0.818 bits per heavy atom. The average molecular weight is 471 g/mol. The monoisotopic (exact) mass is 470 g/mol. The molecule has 0 aliphatic heterocycles. The summed E-state index contributed by atoms with van der Waals surface area (Å²) in [7, 11) is 0. The standard InChI is InChI=1S/C23H44N2O2.C2H2O4/c1-3-5-7-9-10-11-13-14-18-26-21-23(20-25-17-16-24-22-25)27-19-15-12-8-6-4-2;3-1(4)2(5)6/h16-17,22-23H,3-15,18-21H2,1-2H3;(H,3,4)(H,5,6). The van der Waals surface area contributed by atoms with Crippen LogP contribution in [0.3, 0.4) is 0 Å². The zero-order valence-corrected chi connectivity index (χ0v) is 20.8. The number of hydrogen-bond acceptors (Lipinski definition) is 5. The van der Waals surface area contributed by atoms with Crippen molar-refractivity contribution in [3.8, 4) is 0 Å². The number of imidazole rings is 1. The van der Waals surface area contributed by atoms with Gasteiger partial charge in [0.2, 0.25) is 0 Å². The molecule has 33 heavy (non-hydrogen) atoms. The maximum Gasteiger partial charge on any atom is 0.414 e. The summed E-state index contributed by atoms with van der Waals surface area (Å²) in [6, 6.07) is 0. The third kappa shape index (κ3) is 21.7. The molecule has 1 aromatic rings. The number of carboxylic acid groups (broad SMARTS) is 2. The van der Waals surface area contributed by atoms with Gasteiger partial charge in [0.25, 0.3) is 0 Å². The van der Waals surface area contributed by atoms with Crippen LogP contribution in [0.5, 0.6) is 0 Å². The van der Waals surface area contributed by atoms with Crippen LogP contribution in [0.2, 0.25) is 0 Å². The van der Waals surface area contributed by atoms with Gasteiger partial charge in [-0.2, -0.15) is 0 Å². The Hall–Kier alpha value is -1.93. The zero-order chi connectivity index (χ0) is 24.6. The fourth-order valence-corrected chi connectivity index (χ4v) is 3.29. The predicted molar refractivity (Wildman–Crippen MR) is 129 cm³/mol. The second-order valence-electron chi connectivity index (χ2n) is 8.33. The van der Waals surface area contributed by atoms with Crippen LogP contribution in [0.25, 0.3) is 0 Å². The Bertz CT molecular complexity index is 553. The lowest BCUT2D eigenvalue weighted by atomic mass is 10.1. The predicted octanol–water partition coefficient (Wildman–Crippen LogP) is 5.55. The average Bonchev–Trinajstić information content (AvgIpc) is 3.30. The minimum Gasteiger partial charge on any atom is -0.473 e. The fraction of sp³-hybridized carbons (Fsp3) is 0.800. The topological polar surface area (TPSA) is 111 Å². The number of carbonyl (C=O) groups is 2. The van der Waals surface area contributed by atoms with Gasteiger partial charge in [0.15, 0.2) is 0 Å². The van der Waals surface area contributed by atoms with Crippen LogP contribution >= 0.6 is 0 Å². The van der Waals surface area contributed by atoms with Crippen LogP contribution in [0.1, 0.15) is 97.3 Å². The quantitative estimate of drug-likeness (QED) is 0.190. The Labute approximate surface area is 199 Å². The Kier molecular flexibility index (Phi) is 21.9. The van der Waals surface area contributed by atoms with Gasteiger partial charge in [-0.25, -0.2) is 14.6 Å². The van der Waals surface area contributed by atoms with Crippen LogP contribution in [0.15, 0.2) is 18.7 Å². The molecular weight excluding hydrogens is 424 g/mol. The van der Waals surface area contributed by atoms with E-state index < -0.39 is 11.9 Å². The Morgan fingerprint density at radius 3 is 1.82 bits per heavy atom. The first kappa shape index (κ1) is 31.1. The van der Waals surface area contributed by atoms with Gasteiger partial charge in [0, 0.05) is 25.6 Å². The number of ether oxygens (including phenoxy) is 2. The van der Waals surface area contributed by atoms with Gasteiger partial charge < -0.3 is 24.3 Å². The van der Waals surface area contributed by atoms with E-state index in [1.807, 2.05) is 18.7 Å². The summed E-state index contributed by atoms with van der Waals surface area (Å²) in [5, 5.41) is 14.8. The Morgan fingerprint density at radius 2 is 1.33 bits per heavy atom. The molecule has 8 heteroatoms. The summed E-state index contributed by atoms with van der Waals surface area (Å²) in [5.74, 6) is -3.65. The highest BCUT2D eigenvalue weighted by Crippen LogP contribution is 2.09. The maximum atomic E-state index is 9.10. The molecule has 1 aromatic heterocycles. The van der Waals surface area contributed by atoms with Crippen molar-refractivity contribution in [2.24, 2.45) is 0 Å². The highest BCUT2D eigenvalue weighted by atomic mass is 16.5. The number of carboxylic acids is 2. The number of rotatable bonds is 20. The molecule has 0 aliphatic carbocycles. The van der Waals surface area contributed by atoms with E-state index in [0.29, 0.717) is 6.61 Å². The van der Waals surface area contributed by atoms with Gasteiger partial charge in [0.05, 0.1) is 25.6 Å². The third-order valence-electron chi connectivity index (χ3n) is 5.20. The molecule has 2 N–H and O–H groups in total. The summed E-state index contributed by atoms with van der Waals surface area (Å²) in [5.41, 5.74) is 0. The van der Waals surface area contributed by atoms with Crippen LogP contribution in [-0.4, -0.2) is 57.6 Å². The molecule has 0 aromatic carbocycles. The third-order valence-corrected chi connectivity index (χ3v) is 5.20. The van der Waals surface area contributed by atoms with Crippen molar-refractivity contribution in [1.29, 1.82) is 0 Å². The van der Waals surface area contributed by atoms with Gasteiger partial charge in [-0.05, 0) is 12.8 Å². The molecule has 1 unspecified atom stereocenters. The summed E-state index contributed by atoms with van der Waals surface area (Å²) in [6.07, 6.45) is 22.9. The number of aliphatic carboxylic acids is 2. The van der Waals surface area contributed by atoms with E-state index in [0.717, 1.165) is 26.2 Å². The van der Waals surface area contributed by atoms with E-state index >= 15 is 0 Å². The second-order valence-corrected chi connectivity index (χ2v) is 8.33. The zero-order valence-electron chi connectivity index (χ0n) is 20.8. The van der Waals surface area contributed by atoms with Gasteiger partial charge in [-0.3, -0.25) is 0 Å². The summed E-state index contributed by atoms with van der Waals surface area (Å²) in [6.45, 7) is 7.73. The molecule has 0 saturated carbocycles. The molecule has 1 rings (SSSR count). The number of nitrogens with zero attached hydrogens (tertiary/aromatic N) is 2. The van der Waals surface area contributed by atoms with Gasteiger partial charge in [0.1, 0.15) is 0 Å². The van der Waals surface area contributed by atoms with E-state index in [1.54, 1.807) is 0 Å². The van der Waals surface area contributed by atoms with Gasteiger partial charge >= 0.3 is 11.9 Å². The summed E-state index contributed by atoms with van der Waals surface area (Å²) >= 11 is 0. The fourth-order valence-electron chi connectivity index (χ4n) is 3.29. The van der Waals surface area contributed by atoms with Crippen molar-refractivity contribution >= 4 is 11.9 Å². The van der Waals surface area contributed by atoms with Crippen LogP contribution < -0.4 is 0 Å². The smallest absolute Gasteiger partial charge is 0.414 e. The highest BCUT2D eigenvalue weighted by Gasteiger charge is 2.10. The molecule has 0 saturated heterocycles. The number of hydrogen-bond donors (Lipinski definition) is 2. The van der Waals surface area contributed by atoms with E-state index in [-0.39, 0.29) is 6.10 Å². The molecule has 0 radical (unpaired) electrons. The first-order chi connectivity index (χ1) is 16.0. The lowest BCUT2D eigenvalue weighted by Crippen LogP contribution is -2.26. The van der Waals surface area contributed by atoms with Crippen LogP contribution in [0, 0.1) is 0 Å². The van der Waals surface area contributed by atoms with E-state index in [4.69, 9.17) is 29.3 Å². The minimum atomic E-state index is -1.82. The lowest BCUT2D eigenvalue weighted by molar-refractivity contribution is -0.159. The number of unbranched alkanes of at least 4 members (excludes halogenated alkanes) is 11. The molecule has 0 bridgehead atoms. The van der Waals surface area contributed by atoms with Crippen molar-refractivity contribution in [2.75, 3.05) is 19.8 Å². The molecule has 1 heterocycles. The Balaban J connectivity index is 0.00000150. The molecule has 8 nitrogen and oxygen atoms in total. The molecule has 0 amide bonds. The van der Waals surface area contributed by atoms with Crippen molar-refractivity contribution < 1.29 is 29.3 Å². The highest BCUT2D eigenvalue weighted by molar-refractivity contribution is 6.27. The minimum absolute atomic E-state index is 0.124. The van der Waals surface area contributed by atoms with Gasteiger partial charge in [-0.1, -0.05) is 84.5 Å². The van der Waals surface area contributed by atoms with E-state index in [9.17, 15) is 0 Å². The first-order valence-corrected chi connectivity index (χ1v) is 12.6. The number of aromatic nitrogens is 2. The van der Waals surface area contributed by atoms with Gasteiger partial charge in [-0.15, -0.1) is 0 Å². The molecule has 192 valence electrons. The maximum absolute atomic E-state index is 9.10. The first-order valence-electron chi connectivity index (χ1n) is 12.6. The lowest BCUT2D eigenvalue weighted by Gasteiger charge is -2.19. The molecular formula is C25H46N2O6. The molecule has 1 atom stereocenters. The molecule has 0 spiro atoms. The molecule has 0 aliphatic rings. The summed E-state index contributed by atoms with van der Waals surface area (Å²) in [4.78, 5) is 22.3. The van der Waals surface area contributed by atoms with E-state index in [2.05, 4.69) is 23.4 Å². The largest absolute Gasteiger partial charge is 0.473 e. The normalized spacial score (nSPS) is 11.6. The van der Waals surface area contributed by atoms with Crippen molar-refractivity contribution in [2.45, 2.75) is 110 Å². The summed E-state index contributed by atoms with van der Waals surface area (Å²) < 4.78 is 14.1. The van der Waals surface area contributed by atoms with Crippen molar-refractivity contribution in [3.05, 3.63) is 18.7 Å². The SMILES string of the molecule is CCCCCCCCCCOCC(Cn1ccnc1)OCCCCCCC.O=C(O)C(=O)O. The second kappa shape index (κ2) is 23.2. The van der Waals surface area contributed by atoms with Crippen molar-refractivity contribution in [1.82, 2.24) is 9.55 Å².